The highest BCUT2D eigenvalue weighted by atomic mass is 16.5. The second-order valence-electron chi connectivity index (χ2n) is 4.70. The summed E-state index contributed by atoms with van der Waals surface area (Å²) in [5, 5.41) is 22.8. The van der Waals surface area contributed by atoms with E-state index in [9.17, 15) is 9.59 Å². The Bertz CT molecular complexity index is 402. The zero-order valence-corrected chi connectivity index (χ0v) is 13.1. The van der Waals surface area contributed by atoms with Crippen LogP contribution in [0, 0.1) is 11.3 Å². The van der Waals surface area contributed by atoms with Crippen molar-refractivity contribution in [1.82, 2.24) is 10.6 Å². The van der Waals surface area contributed by atoms with Gasteiger partial charge >= 0.3 is 5.97 Å². The summed E-state index contributed by atoms with van der Waals surface area (Å²) in [6.07, 6.45) is 4.61. The number of carboxylic acids is 1. The van der Waals surface area contributed by atoms with E-state index in [1.165, 1.54) is 6.20 Å². The van der Waals surface area contributed by atoms with Gasteiger partial charge in [-0.2, -0.15) is 5.26 Å². The van der Waals surface area contributed by atoms with Gasteiger partial charge in [-0.25, -0.2) is 0 Å². The topological polar surface area (TPSA) is 111 Å². The quantitative estimate of drug-likeness (QED) is 0.267. The molecule has 7 nitrogen and oxygen atoms in total. The van der Waals surface area contributed by atoms with Crippen LogP contribution in [-0.2, 0) is 14.3 Å². The molecule has 3 N–H and O–H groups in total. The first-order valence-electron chi connectivity index (χ1n) is 7.53. The summed E-state index contributed by atoms with van der Waals surface area (Å²) >= 11 is 0. The van der Waals surface area contributed by atoms with E-state index in [4.69, 9.17) is 15.1 Å². The third-order valence-corrected chi connectivity index (χ3v) is 2.72. The molecule has 0 spiro atoms. The van der Waals surface area contributed by atoms with E-state index in [-0.39, 0.29) is 12.0 Å². The van der Waals surface area contributed by atoms with Crippen molar-refractivity contribution in [1.29, 1.82) is 5.26 Å². The first-order valence-corrected chi connectivity index (χ1v) is 7.53. The van der Waals surface area contributed by atoms with Crippen LogP contribution < -0.4 is 10.6 Å². The number of carbonyl (C=O) groups excluding carboxylic acids is 1. The number of aliphatic carboxylic acids is 1. The molecule has 1 amide bonds. The maximum absolute atomic E-state index is 11.7. The Morgan fingerprint density at radius 3 is 2.59 bits per heavy atom. The molecular formula is C15H25N3O4. The summed E-state index contributed by atoms with van der Waals surface area (Å²) in [4.78, 5) is 22.0. The van der Waals surface area contributed by atoms with Crippen LogP contribution in [0.25, 0.3) is 0 Å². The van der Waals surface area contributed by atoms with Crippen molar-refractivity contribution >= 4 is 11.9 Å². The molecule has 0 unspecified atom stereocenters. The Morgan fingerprint density at radius 2 is 1.95 bits per heavy atom. The normalized spacial score (nSPS) is 10.8. The maximum atomic E-state index is 11.7. The number of hydrogen-bond acceptors (Lipinski definition) is 5. The number of carbonyl (C=O) groups is 2. The third-order valence-electron chi connectivity index (χ3n) is 2.72. The molecule has 0 rings (SSSR count). The van der Waals surface area contributed by atoms with Crippen LogP contribution in [0.5, 0.6) is 0 Å². The predicted molar refractivity (Wildman–Crippen MR) is 81.9 cm³/mol. The molecule has 0 aliphatic carbocycles. The Labute approximate surface area is 131 Å². The number of ether oxygens (including phenoxy) is 1. The summed E-state index contributed by atoms with van der Waals surface area (Å²) < 4.78 is 5.36. The molecule has 7 heteroatoms. The molecule has 124 valence electrons. The van der Waals surface area contributed by atoms with Crippen LogP contribution in [-0.4, -0.2) is 43.3 Å². The SMILES string of the molecule is CCCCOCCCNC(=O)/C(C#N)=C\NCCCC(=O)O. The molecule has 0 aliphatic rings. The van der Waals surface area contributed by atoms with E-state index >= 15 is 0 Å². The van der Waals surface area contributed by atoms with Gasteiger partial charge in [0.05, 0.1) is 0 Å². The van der Waals surface area contributed by atoms with Crippen LogP contribution in [0.15, 0.2) is 11.8 Å². The smallest absolute Gasteiger partial charge is 0.303 e. The van der Waals surface area contributed by atoms with Crippen molar-refractivity contribution in [2.75, 3.05) is 26.3 Å². The van der Waals surface area contributed by atoms with Crippen molar-refractivity contribution < 1.29 is 19.4 Å². The minimum atomic E-state index is -0.870. The van der Waals surface area contributed by atoms with Crippen LogP contribution in [0.2, 0.25) is 0 Å². The van der Waals surface area contributed by atoms with Gasteiger partial charge < -0.3 is 20.5 Å². The van der Waals surface area contributed by atoms with E-state index in [2.05, 4.69) is 17.6 Å². The summed E-state index contributed by atoms with van der Waals surface area (Å²) in [6.45, 7) is 4.25. The standard InChI is InChI=1S/C15H25N3O4/c1-2-3-9-22-10-5-8-18-15(21)13(11-16)12-17-7-4-6-14(19)20/h12,17H,2-10H2,1H3,(H,18,21)(H,19,20)/b13-12-. The molecule has 0 saturated carbocycles. The highest BCUT2D eigenvalue weighted by Crippen LogP contribution is 1.93. The second-order valence-corrected chi connectivity index (χ2v) is 4.70. The number of hydrogen-bond donors (Lipinski definition) is 3. The number of rotatable bonds is 13. The monoisotopic (exact) mass is 311 g/mol. The summed E-state index contributed by atoms with van der Waals surface area (Å²) in [5.74, 6) is -1.31. The van der Waals surface area contributed by atoms with E-state index in [1.807, 2.05) is 6.07 Å². The molecule has 0 bridgehead atoms. The summed E-state index contributed by atoms with van der Waals surface area (Å²) in [5.41, 5.74) is -0.0257. The molecule has 0 aromatic carbocycles. The zero-order valence-electron chi connectivity index (χ0n) is 13.1. The van der Waals surface area contributed by atoms with Gasteiger partial charge in [0.15, 0.2) is 0 Å². The van der Waals surface area contributed by atoms with Gasteiger partial charge in [0.25, 0.3) is 5.91 Å². The molecular weight excluding hydrogens is 286 g/mol. The lowest BCUT2D eigenvalue weighted by atomic mass is 10.2. The molecule has 0 heterocycles. The number of amides is 1. The fourth-order valence-electron chi connectivity index (χ4n) is 1.48. The van der Waals surface area contributed by atoms with Gasteiger partial charge in [0.2, 0.25) is 0 Å². The highest BCUT2D eigenvalue weighted by Gasteiger charge is 2.07. The third kappa shape index (κ3) is 11.7. The molecule has 0 aliphatic heterocycles. The Hall–Kier alpha value is -2.07. The van der Waals surface area contributed by atoms with Gasteiger partial charge in [0, 0.05) is 38.9 Å². The Morgan fingerprint density at radius 1 is 1.23 bits per heavy atom. The molecule has 0 aromatic rings. The van der Waals surface area contributed by atoms with Crippen LogP contribution in [0.3, 0.4) is 0 Å². The van der Waals surface area contributed by atoms with E-state index < -0.39 is 11.9 Å². The van der Waals surface area contributed by atoms with Crippen LogP contribution in [0.1, 0.15) is 39.0 Å². The molecule has 0 fully saturated rings. The van der Waals surface area contributed by atoms with Gasteiger partial charge in [-0.15, -0.1) is 0 Å². The minimum Gasteiger partial charge on any atom is -0.481 e. The maximum Gasteiger partial charge on any atom is 0.303 e. The van der Waals surface area contributed by atoms with Gasteiger partial charge in [-0.1, -0.05) is 13.3 Å². The Balaban J connectivity index is 3.80. The van der Waals surface area contributed by atoms with Crippen molar-refractivity contribution in [3.8, 4) is 6.07 Å². The van der Waals surface area contributed by atoms with Crippen molar-refractivity contribution in [2.24, 2.45) is 0 Å². The number of unbranched alkanes of at least 4 members (excludes halogenated alkanes) is 1. The van der Waals surface area contributed by atoms with Crippen molar-refractivity contribution in [3.63, 3.8) is 0 Å². The molecule has 0 saturated heterocycles. The average Bonchev–Trinajstić information content (AvgIpc) is 2.49. The first-order chi connectivity index (χ1) is 10.6. The molecule has 0 atom stereocenters. The highest BCUT2D eigenvalue weighted by molar-refractivity contribution is 5.97. The number of carboxylic acid groups (broad SMARTS) is 1. The van der Waals surface area contributed by atoms with Gasteiger partial charge in [-0.05, 0) is 19.3 Å². The minimum absolute atomic E-state index is 0.0257. The Kier molecular flexibility index (Phi) is 12.6. The predicted octanol–water partition coefficient (Wildman–Crippen LogP) is 1.17. The fourth-order valence-corrected chi connectivity index (χ4v) is 1.48. The van der Waals surface area contributed by atoms with E-state index in [0.29, 0.717) is 32.5 Å². The average molecular weight is 311 g/mol. The van der Waals surface area contributed by atoms with Gasteiger partial charge in [-0.3, -0.25) is 9.59 Å². The number of nitriles is 1. The van der Waals surface area contributed by atoms with Crippen molar-refractivity contribution in [2.45, 2.75) is 39.0 Å². The fraction of sp³-hybridized carbons (Fsp3) is 0.667. The largest absolute Gasteiger partial charge is 0.481 e. The molecule has 22 heavy (non-hydrogen) atoms. The van der Waals surface area contributed by atoms with Crippen LogP contribution >= 0.6 is 0 Å². The number of nitrogens with zero attached hydrogens (tertiary/aromatic N) is 1. The lowest BCUT2D eigenvalue weighted by molar-refractivity contribution is -0.137. The molecule has 0 radical (unpaired) electrons. The second kappa shape index (κ2) is 13.9. The lowest BCUT2D eigenvalue weighted by Gasteiger charge is -2.06. The van der Waals surface area contributed by atoms with E-state index in [1.54, 1.807) is 0 Å². The van der Waals surface area contributed by atoms with E-state index in [0.717, 1.165) is 19.4 Å². The lowest BCUT2D eigenvalue weighted by Crippen LogP contribution is -2.27. The first kappa shape index (κ1) is 19.9. The van der Waals surface area contributed by atoms with Crippen LogP contribution in [0.4, 0.5) is 0 Å². The zero-order chi connectivity index (χ0) is 16.6. The molecule has 0 aromatic heterocycles. The van der Waals surface area contributed by atoms with Crippen molar-refractivity contribution in [3.05, 3.63) is 11.8 Å². The summed E-state index contributed by atoms with van der Waals surface area (Å²) in [7, 11) is 0. The van der Waals surface area contributed by atoms with Gasteiger partial charge in [0.1, 0.15) is 11.6 Å². The number of nitrogens with one attached hydrogen (secondary N) is 2. The summed E-state index contributed by atoms with van der Waals surface area (Å²) in [6, 6.07) is 1.81.